The van der Waals surface area contributed by atoms with E-state index < -0.39 is 5.97 Å². The average molecular weight is 307 g/mol. The molecule has 3 aromatic rings. The Morgan fingerprint density at radius 3 is 3.00 bits per heavy atom. The van der Waals surface area contributed by atoms with Crippen molar-refractivity contribution in [2.45, 2.75) is 0 Å². The van der Waals surface area contributed by atoms with E-state index in [1.807, 2.05) is 18.2 Å². The Kier molecular flexibility index (Phi) is 2.45. The van der Waals surface area contributed by atoms with Crippen LogP contribution in [0.25, 0.3) is 22.4 Å². The number of aromatic nitrogens is 2. The summed E-state index contributed by atoms with van der Waals surface area (Å²) in [5, 5.41) is 16.3. The number of para-hydroxylation sites is 1. The van der Waals surface area contributed by atoms with Crippen LogP contribution >= 0.6 is 15.9 Å². The highest BCUT2D eigenvalue weighted by atomic mass is 79.9. The molecule has 0 saturated carbocycles. The van der Waals surface area contributed by atoms with E-state index in [1.54, 1.807) is 6.07 Å². The Morgan fingerprint density at radius 2 is 2.28 bits per heavy atom. The Balaban J connectivity index is 2.23. The molecular weight excluding hydrogens is 300 g/mol. The summed E-state index contributed by atoms with van der Waals surface area (Å²) in [4.78, 5) is 11.0. The molecule has 2 N–H and O–H groups in total. The van der Waals surface area contributed by atoms with Crippen LogP contribution in [0.2, 0.25) is 0 Å². The maximum atomic E-state index is 11.0. The maximum Gasteiger partial charge on any atom is 0.339 e. The number of carboxylic acids is 1. The van der Waals surface area contributed by atoms with Gasteiger partial charge in [0.1, 0.15) is 16.8 Å². The summed E-state index contributed by atoms with van der Waals surface area (Å²) in [6.45, 7) is 0. The highest BCUT2D eigenvalue weighted by Crippen LogP contribution is 2.32. The fourth-order valence-corrected chi connectivity index (χ4v) is 2.25. The van der Waals surface area contributed by atoms with Crippen molar-refractivity contribution in [1.82, 2.24) is 10.2 Å². The molecule has 0 unspecified atom stereocenters. The van der Waals surface area contributed by atoms with Gasteiger partial charge < -0.3 is 9.52 Å². The van der Waals surface area contributed by atoms with Gasteiger partial charge in [-0.15, -0.1) is 0 Å². The van der Waals surface area contributed by atoms with Crippen molar-refractivity contribution in [2.24, 2.45) is 0 Å². The quantitative estimate of drug-likeness (QED) is 0.761. The second kappa shape index (κ2) is 3.99. The molecule has 2 heterocycles. The highest BCUT2D eigenvalue weighted by Gasteiger charge is 2.18. The molecule has 0 radical (unpaired) electrons. The molecule has 0 aliphatic rings. The lowest BCUT2D eigenvalue weighted by atomic mass is 10.2. The van der Waals surface area contributed by atoms with Crippen LogP contribution in [0.4, 0.5) is 0 Å². The number of halogens is 1. The van der Waals surface area contributed by atoms with Crippen molar-refractivity contribution < 1.29 is 14.3 Å². The molecular formula is C12H7BrN2O3. The number of fused-ring (bicyclic) bond motifs is 1. The number of benzene rings is 1. The first-order chi connectivity index (χ1) is 8.66. The molecule has 0 atom stereocenters. The summed E-state index contributed by atoms with van der Waals surface area (Å²) in [5.74, 6) is -0.593. The number of carboxylic acid groups (broad SMARTS) is 1. The van der Waals surface area contributed by atoms with Gasteiger partial charge in [-0.05, 0) is 28.1 Å². The zero-order chi connectivity index (χ0) is 12.7. The van der Waals surface area contributed by atoms with Crippen LogP contribution in [0.3, 0.4) is 0 Å². The fourth-order valence-electron chi connectivity index (χ4n) is 1.79. The third kappa shape index (κ3) is 1.62. The first kappa shape index (κ1) is 11.0. The van der Waals surface area contributed by atoms with Crippen LogP contribution in [0.15, 0.2) is 39.4 Å². The van der Waals surface area contributed by atoms with Crippen molar-refractivity contribution in [2.75, 3.05) is 0 Å². The lowest BCUT2D eigenvalue weighted by molar-refractivity contribution is 0.0697. The molecule has 0 spiro atoms. The first-order valence-electron chi connectivity index (χ1n) is 5.12. The standard InChI is InChI=1S/C12H7BrN2O3/c13-8-3-1-2-6-4-9(18-11(6)8)10-7(12(16)17)5-14-15-10/h1-5H,(H,14,15)(H,16,17). The minimum absolute atomic E-state index is 0.0881. The minimum atomic E-state index is -1.04. The average Bonchev–Trinajstić information content (AvgIpc) is 2.95. The molecule has 0 bridgehead atoms. The smallest absolute Gasteiger partial charge is 0.339 e. The summed E-state index contributed by atoms with van der Waals surface area (Å²) in [5.41, 5.74) is 1.13. The maximum absolute atomic E-state index is 11.0. The Bertz CT molecular complexity index is 745. The predicted octanol–water partition coefficient (Wildman–Crippen LogP) is 3.28. The van der Waals surface area contributed by atoms with E-state index in [4.69, 9.17) is 9.52 Å². The van der Waals surface area contributed by atoms with Gasteiger partial charge in [-0.2, -0.15) is 5.10 Å². The summed E-state index contributed by atoms with van der Waals surface area (Å²) in [6, 6.07) is 7.42. The number of aromatic carboxylic acids is 1. The van der Waals surface area contributed by atoms with Crippen LogP contribution in [-0.4, -0.2) is 21.3 Å². The van der Waals surface area contributed by atoms with Crippen molar-refractivity contribution in [3.8, 4) is 11.5 Å². The van der Waals surface area contributed by atoms with Gasteiger partial charge in [0.05, 0.1) is 10.7 Å². The van der Waals surface area contributed by atoms with E-state index in [2.05, 4.69) is 26.1 Å². The highest BCUT2D eigenvalue weighted by molar-refractivity contribution is 9.10. The van der Waals surface area contributed by atoms with Gasteiger partial charge in [0, 0.05) is 5.39 Å². The van der Waals surface area contributed by atoms with Crippen LogP contribution in [0, 0.1) is 0 Å². The Morgan fingerprint density at radius 1 is 1.44 bits per heavy atom. The van der Waals surface area contributed by atoms with Gasteiger partial charge in [0.25, 0.3) is 0 Å². The van der Waals surface area contributed by atoms with Crippen molar-refractivity contribution >= 4 is 32.9 Å². The molecule has 0 fully saturated rings. The number of nitrogens with one attached hydrogen (secondary N) is 1. The minimum Gasteiger partial charge on any atom is -0.478 e. The lowest BCUT2D eigenvalue weighted by Crippen LogP contribution is -1.95. The third-order valence-electron chi connectivity index (χ3n) is 2.61. The second-order valence-corrected chi connectivity index (χ2v) is 4.59. The van der Waals surface area contributed by atoms with Gasteiger partial charge in [0.15, 0.2) is 5.76 Å². The summed E-state index contributed by atoms with van der Waals surface area (Å²) >= 11 is 3.39. The number of hydrogen-bond acceptors (Lipinski definition) is 3. The molecule has 5 nitrogen and oxygen atoms in total. The van der Waals surface area contributed by atoms with Crippen molar-refractivity contribution in [3.63, 3.8) is 0 Å². The Hall–Kier alpha value is -2.08. The van der Waals surface area contributed by atoms with Crippen LogP contribution in [0.1, 0.15) is 10.4 Å². The molecule has 18 heavy (non-hydrogen) atoms. The van der Waals surface area contributed by atoms with Gasteiger partial charge in [-0.3, -0.25) is 5.10 Å². The Labute approximate surface area is 110 Å². The molecule has 90 valence electrons. The zero-order valence-electron chi connectivity index (χ0n) is 8.98. The molecule has 6 heteroatoms. The van der Waals surface area contributed by atoms with E-state index in [0.29, 0.717) is 17.0 Å². The zero-order valence-corrected chi connectivity index (χ0v) is 10.6. The monoisotopic (exact) mass is 306 g/mol. The van der Waals surface area contributed by atoms with E-state index in [1.165, 1.54) is 6.20 Å². The molecule has 0 amide bonds. The number of H-pyrrole nitrogens is 1. The molecule has 0 saturated heterocycles. The first-order valence-corrected chi connectivity index (χ1v) is 5.91. The molecule has 0 aliphatic heterocycles. The number of aromatic amines is 1. The van der Waals surface area contributed by atoms with E-state index in [9.17, 15) is 4.79 Å². The predicted molar refractivity (Wildman–Crippen MR) is 68.5 cm³/mol. The van der Waals surface area contributed by atoms with Crippen molar-refractivity contribution in [1.29, 1.82) is 0 Å². The van der Waals surface area contributed by atoms with Gasteiger partial charge in [-0.1, -0.05) is 12.1 Å². The SMILES string of the molecule is O=C(O)c1cn[nH]c1-c1cc2cccc(Br)c2o1. The summed E-state index contributed by atoms with van der Waals surface area (Å²) < 4.78 is 6.47. The lowest BCUT2D eigenvalue weighted by Gasteiger charge is -1.94. The normalized spacial score (nSPS) is 10.9. The fraction of sp³-hybridized carbons (Fsp3) is 0. The van der Waals surface area contributed by atoms with E-state index in [-0.39, 0.29) is 5.56 Å². The van der Waals surface area contributed by atoms with Crippen molar-refractivity contribution in [3.05, 3.63) is 40.5 Å². The summed E-state index contributed by atoms with van der Waals surface area (Å²) in [6.07, 6.45) is 1.26. The van der Waals surface area contributed by atoms with E-state index >= 15 is 0 Å². The number of furan rings is 1. The van der Waals surface area contributed by atoms with Crippen LogP contribution < -0.4 is 0 Å². The largest absolute Gasteiger partial charge is 0.478 e. The molecule has 0 aliphatic carbocycles. The van der Waals surface area contributed by atoms with Gasteiger partial charge in [-0.25, -0.2) is 4.79 Å². The number of rotatable bonds is 2. The van der Waals surface area contributed by atoms with Gasteiger partial charge >= 0.3 is 5.97 Å². The topological polar surface area (TPSA) is 79.1 Å². The molecule has 2 aromatic heterocycles. The number of hydrogen-bond donors (Lipinski definition) is 2. The van der Waals surface area contributed by atoms with Crippen LogP contribution in [-0.2, 0) is 0 Å². The third-order valence-corrected chi connectivity index (χ3v) is 3.24. The van der Waals surface area contributed by atoms with Gasteiger partial charge in [0.2, 0.25) is 0 Å². The summed E-state index contributed by atoms with van der Waals surface area (Å²) in [7, 11) is 0. The van der Waals surface area contributed by atoms with E-state index in [0.717, 1.165) is 9.86 Å². The number of carbonyl (C=O) groups is 1. The van der Waals surface area contributed by atoms with Crippen LogP contribution in [0.5, 0.6) is 0 Å². The molecule has 3 rings (SSSR count). The second-order valence-electron chi connectivity index (χ2n) is 3.73. The number of nitrogens with zero attached hydrogens (tertiary/aromatic N) is 1. The molecule has 1 aromatic carbocycles.